The number of hydrogen-bond acceptors (Lipinski definition) is 3. The molecule has 0 bridgehead atoms. The zero-order valence-corrected chi connectivity index (χ0v) is 8.66. The lowest BCUT2D eigenvalue weighted by Gasteiger charge is -2.21. The number of aryl methyl sites for hydroxylation is 1. The van der Waals surface area contributed by atoms with Gasteiger partial charge in [-0.15, -0.1) is 11.3 Å². The third-order valence-electron chi connectivity index (χ3n) is 2.53. The molecule has 2 rings (SSSR count). The molecule has 2 N–H and O–H groups in total. The van der Waals surface area contributed by atoms with Gasteiger partial charge in [0.25, 0.3) is 0 Å². The molecule has 0 saturated carbocycles. The van der Waals surface area contributed by atoms with Gasteiger partial charge in [-0.05, 0) is 24.5 Å². The SMILES string of the molecule is CCc1cc2c(s1)CC(CO)NC2. The first kappa shape index (κ1) is 9.19. The van der Waals surface area contributed by atoms with Crippen LogP contribution < -0.4 is 5.32 Å². The summed E-state index contributed by atoms with van der Waals surface area (Å²) in [6.45, 7) is 3.37. The summed E-state index contributed by atoms with van der Waals surface area (Å²) in [5, 5.41) is 12.3. The second-order valence-electron chi connectivity index (χ2n) is 3.48. The Morgan fingerprint density at radius 1 is 1.69 bits per heavy atom. The van der Waals surface area contributed by atoms with Crippen LogP contribution in [0.15, 0.2) is 6.07 Å². The highest BCUT2D eigenvalue weighted by Gasteiger charge is 2.19. The Balaban J connectivity index is 2.19. The van der Waals surface area contributed by atoms with Gasteiger partial charge in [0, 0.05) is 22.3 Å². The van der Waals surface area contributed by atoms with Crippen molar-refractivity contribution in [3.05, 3.63) is 21.4 Å². The van der Waals surface area contributed by atoms with E-state index in [9.17, 15) is 0 Å². The van der Waals surface area contributed by atoms with Gasteiger partial charge in [-0.1, -0.05) is 6.92 Å². The molecule has 72 valence electrons. The standard InChI is InChI=1S/C10H15NOS/c1-2-9-3-7-5-11-8(6-12)4-10(7)13-9/h3,8,11-12H,2,4-6H2,1H3. The average molecular weight is 197 g/mol. The Hall–Kier alpha value is -0.380. The summed E-state index contributed by atoms with van der Waals surface area (Å²) in [5.41, 5.74) is 1.44. The lowest BCUT2D eigenvalue weighted by Crippen LogP contribution is -2.37. The van der Waals surface area contributed by atoms with Crippen LogP contribution in [0.1, 0.15) is 22.2 Å². The van der Waals surface area contributed by atoms with Gasteiger partial charge in [0.05, 0.1) is 6.61 Å². The maximum absolute atomic E-state index is 9.02. The van der Waals surface area contributed by atoms with Crippen LogP contribution in [0.2, 0.25) is 0 Å². The van der Waals surface area contributed by atoms with E-state index < -0.39 is 0 Å². The van der Waals surface area contributed by atoms with E-state index in [1.54, 1.807) is 0 Å². The molecule has 0 fully saturated rings. The quantitative estimate of drug-likeness (QED) is 0.749. The lowest BCUT2D eigenvalue weighted by atomic mass is 10.1. The van der Waals surface area contributed by atoms with Crippen LogP contribution in [-0.2, 0) is 19.4 Å². The highest BCUT2D eigenvalue weighted by Crippen LogP contribution is 2.27. The predicted octanol–water partition coefficient (Wildman–Crippen LogP) is 1.32. The Morgan fingerprint density at radius 2 is 2.54 bits per heavy atom. The molecule has 3 heteroatoms. The minimum absolute atomic E-state index is 0.249. The van der Waals surface area contributed by atoms with Gasteiger partial charge in [0.1, 0.15) is 0 Å². The van der Waals surface area contributed by atoms with Crippen LogP contribution in [0, 0.1) is 0 Å². The normalized spacial score (nSPS) is 21.5. The van der Waals surface area contributed by atoms with Crippen molar-refractivity contribution >= 4 is 11.3 Å². The van der Waals surface area contributed by atoms with Crippen LogP contribution in [0.3, 0.4) is 0 Å². The van der Waals surface area contributed by atoms with Gasteiger partial charge in [-0.2, -0.15) is 0 Å². The van der Waals surface area contributed by atoms with Crippen molar-refractivity contribution < 1.29 is 5.11 Å². The third kappa shape index (κ3) is 1.77. The van der Waals surface area contributed by atoms with Crippen molar-refractivity contribution in [1.82, 2.24) is 5.32 Å². The molecule has 0 saturated heterocycles. The summed E-state index contributed by atoms with van der Waals surface area (Å²) in [7, 11) is 0. The van der Waals surface area contributed by atoms with Gasteiger partial charge >= 0.3 is 0 Å². The maximum atomic E-state index is 9.02. The van der Waals surface area contributed by atoms with E-state index in [-0.39, 0.29) is 12.6 Å². The number of hydrogen-bond donors (Lipinski definition) is 2. The Morgan fingerprint density at radius 3 is 3.23 bits per heavy atom. The predicted molar refractivity (Wildman–Crippen MR) is 55.1 cm³/mol. The summed E-state index contributed by atoms with van der Waals surface area (Å²) < 4.78 is 0. The van der Waals surface area contributed by atoms with Crippen molar-refractivity contribution in [2.75, 3.05) is 6.61 Å². The van der Waals surface area contributed by atoms with E-state index in [1.165, 1.54) is 15.3 Å². The molecule has 0 aromatic carbocycles. The molecule has 0 spiro atoms. The molecule has 1 aromatic rings. The van der Waals surface area contributed by atoms with Crippen molar-refractivity contribution in [2.24, 2.45) is 0 Å². The van der Waals surface area contributed by atoms with E-state index in [0.717, 1.165) is 19.4 Å². The highest BCUT2D eigenvalue weighted by atomic mass is 32.1. The topological polar surface area (TPSA) is 32.3 Å². The van der Waals surface area contributed by atoms with Gasteiger partial charge in [-0.25, -0.2) is 0 Å². The molecule has 2 nitrogen and oxygen atoms in total. The number of fused-ring (bicyclic) bond motifs is 1. The number of thiophene rings is 1. The lowest BCUT2D eigenvalue weighted by molar-refractivity contribution is 0.237. The summed E-state index contributed by atoms with van der Waals surface area (Å²) in [4.78, 5) is 2.93. The van der Waals surface area contributed by atoms with E-state index in [0.29, 0.717) is 0 Å². The molecular formula is C10H15NOS. The number of aliphatic hydroxyl groups is 1. The zero-order chi connectivity index (χ0) is 9.26. The van der Waals surface area contributed by atoms with Gasteiger partial charge in [0.15, 0.2) is 0 Å². The van der Waals surface area contributed by atoms with E-state index in [1.807, 2.05) is 11.3 Å². The smallest absolute Gasteiger partial charge is 0.0588 e. The number of nitrogens with one attached hydrogen (secondary N) is 1. The molecule has 13 heavy (non-hydrogen) atoms. The molecule has 1 unspecified atom stereocenters. The maximum Gasteiger partial charge on any atom is 0.0588 e. The number of rotatable bonds is 2. The van der Waals surface area contributed by atoms with Crippen LogP contribution >= 0.6 is 11.3 Å². The Bertz CT molecular complexity index is 295. The Labute approximate surface area is 82.6 Å². The van der Waals surface area contributed by atoms with Crippen LogP contribution in [0.5, 0.6) is 0 Å². The molecule has 0 aliphatic carbocycles. The van der Waals surface area contributed by atoms with Crippen LogP contribution in [-0.4, -0.2) is 17.8 Å². The van der Waals surface area contributed by atoms with E-state index in [4.69, 9.17) is 5.11 Å². The molecule has 1 aromatic heterocycles. The van der Waals surface area contributed by atoms with Crippen molar-refractivity contribution in [3.8, 4) is 0 Å². The monoisotopic (exact) mass is 197 g/mol. The van der Waals surface area contributed by atoms with Crippen molar-refractivity contribution in [3.63, 3.8) is 0 Å². The first-order chi connectivity index (χ1) is 6.33. The molecule has 0 amide bonds. The van der Waals surface area contributed by atoms with Crippen molar-refractivity contribution in [2.45, 2.75) is 32.4 Å². The van der Waals surface area contributed by atoms with E-state index in [2.05, 4.69) is 18.3 Å². The minimum atomic E-state index is 0.249. The van der Waals surface area contributed by atoms with Crippen molar-refractivity contribution in [1.29, 1.82) is 0 Å². The molecule has 0 radical (unpaired) electrons. The minimum Gasteiger partial charge on any atom is -0.395 e. The second-order valence-corrected chi connectivity index (χ2v) is 4.70. The fraction of sp³-hybridized carbons (Fsp3) is 0.600. The highest BCUT2D eigenvalue weighted by molar-refractivity contribution is 7.12. The third-order valence-corrected chi connectivity index (χ3v) is 3.87. The average Bonchev–Trinajstić information content (AvgIpc) is 2.58. The van der Waals surface area contributed by atoms with Gasteiger partial charge < -0.3 is 10.4 Å². The fourth-order valence-electron chi connectivity index (χ4n) is 1.70. The molecule has 1 aliphatic rings. The molecule has 1 aliphatic heterocycles. The van der Waals surface area contributed by atoms with Crippen LogP contribution in [0.25, 0.3) is 0 Å². The first-order valence-electron chi connectivity index (χ1n) is 4.78. The van der Waals surface area contributed by atoms with Gasteiger partial charge in [-0.3, -0.25) is 0 Å². The molecule has 1 atom stereocenters. The Kier molecular flexibility index (Phi) is 2.67. The van der Waals surface area contributed by atoms with Crippen LogP contribution in [0.4, 0.5) is 0 Å². The van der Waals surface area contributed by atoms with E-state index >= 15 is 0 Å². The zero-order valence-electron chi connectivity index (χ0n) is 7.84. The second kappa shape index (κ2) is 3.78. The summed E-state index contributed by atoms with van der Waals surface area (Å²) in [6.07, 6.45) is 2.12. The number of aliphatic hydroxyl groups excluding tert-OH is 1. The largest absolute Gasteiger partial charge is 0.395 e. The summed E-state index contributed by atoms with van der Waals surface area (Å²) >= 11 is 1.90. The summed E-state index contributed by atoms with van der Waals surface area (Å²) in [5.74, 6) is 0. The molecule has 2 heterocycles. The first-order valence-corrected chi connectivity index (χ1v) is 5.59. The summed E-state index contributed by atoms with van der Waals surface area (Å²) in [6, 6.07) is 2.57. The molecular weight excluding hydrogens is 182 g/mol. The fourth-order valence-corrected chi connectivity index (χ4v) is 2.91. The van der Waals surface area contributed by atoms with Gasteiger partial charge in [0.2, 0.25) is 0 Å².